The van der Waals surface area contributed by atoms with Crippen LogP contribution in [0.25, 0.3) is 10.9 Å². The SMILES string of the molecule is CN(CC(=O)O)C1CCCN(c2cc(C(F)F)nc3ccc(Cl)cc23)CC1. The maximum atomic E-state index is 13.3. The van der Waals surface area contributed by atoms with Crippen molar-refractivity contribution >= 4 is 34.2 Å². The first-order valence-electron chi connectivity index (χ1n) is 8.90. The smallest absolute Gasteiger partial charge is 0.317 e. The van der Waals surface area contributed by atoms with Crippen LogP contribution in [0.1, 0.15) is 31.4 Å². The molecule has 1 aromatic heterocycles. The molecule has 8 heteroatoms. The lowest BCUT2D eigenvalue weighted by Crippen LogP contribution is -2.36. The number of carboxylic acid groups (broad SMARTS) is 1. The van der Waals surface area contributed by atoms with Gasteiger partial charge in [0.1, 0.15) is 5.69 Å². The van der Waals surface area contributed by atoms with E-state index in [4.69, 9.17) is 16.7 Å². The van der Waals surface area contributed by atoms with Gasteiger partial charge in [-0.3, -0.25) is 9.69 Å². The van der Waals surface area contributed by atoms with Gasteiger partial charge in [-0.2, -0.15) is 0 Å². The Balaban J connectivity index is 1.90. The first-order valence-corrected chi connectivity index (χ1v) is 9.28. The van der Waals surface area contributed by atoms with Crippen molar-refractivity contribution in [1.82, 2.24) is 9.88 Å². The van der Waals surface area contributed by atoms with Gasteiger partial charge in [-0.05, 0) is 50.6 Å². The second kappa shape index (κ2) is 8.35. The molecule has 1 fully saturated rings. The topological polar surface area (TPSA) is 56.7 Å². The lowest BCUT2D eigenvalue weighted by molar-refractivity contribution is -0.138. The Kier molecular flexibility index (Phi) is 6.11. The molecule has 0 amide bonds. The zero-order chi connectivity index (χ0) is 19.6. The van der Waals surface area contributed by atoms with Crippen molar-refractivity contribution in [3.63, 3.8) is 0 Å². The van der Waals surface area contributed by atoms with Crippen molar-refractivity contribution in [1.29, 1.82) is 0 Å². The Labute approximate surface area is 161 Å². The molecule has 27 heavy (non-hydrogen) atoms. The predicted octanol–water partition coefficient (Wildman–Crippen LogP) is 4.20. The molecule has 146 valence electrons. The molecule has 5 nitrogen and oxygen atoms in total. The first kappa shape index (κ1) is 19.8. The molecule has 1 aromatic carbocycles. The fourth-order valence-corrected chi connectivity index (χ4v) is 3.85. The van der Waals surface area contributed by atoms with Gasteiger partial charge in [-0.25, -0.2) is 13.8 Å². The standard InChI is InChI=1S/C19H22ClF2N3O2/c1-24(11-18(26)27)13-3-2-7-25(8-6-13)17-10-16(19(21)22)23-15-5-4-12(20)9-14(15)17/h4-5,9-10,13,19H,2-3,6-8,11H2,1H3,(H,26,27). The molecule has 1 saturated heterocycles. The third-order valence-electron chi connectivity index (χ3n) is 5.04. The number of nitrogens with zero attached hydrogens (tertiary/aromatic N) is 3. The van der Waals surface area contributed by atoms with Gasteiger partial charge in [0.05, 0.1) is 12.1 Å². The van der Waals surface area contributed by atoms with Crippen LogP contribution in [0.2, 0.25) is 5.02 Å². The Morgan fingerprint density at radius 2 is 2.15 bits per heavy atom. The number of likely N-dealkylation sites (N-methyl/N-ethyl adjacent to an activating group) is 1. The number of pyridine rings is 1. The summed E-state index contributed by atoms with van der Waals surface area (Å²) >= 11 is 6.12. The van der Waals surface area contributed by atoms with Crippen molar-refractivity contribution in [3.05, 3.63) is 35.0 Å². The molecule has 2 aromatic rings. The van der Waals surface area contributed by atoms with E-state index in [1.54, 1.807) is 18.2 Å². The number of carboxylic acids is 1. The third kappa shape index (κ3) is 4.65. The number of hydrogen-bond acceptors (Lipinski definition) is 4. The van der Waals surface area contributed by atoms with Gasteiger partial charge < -0.3 is 10.0 Å². The summed E-state index contributed by atoms with van der Waals surface area (Å²) in [7, 11) is 1.81. The number of anilines is 1. The van der Waals surface area contributed by atoms with Crippen LogP contribution in [0.5, 0.6) is 0 Å². The lowest BCUT2D eigenvalue weighted by atomic mass is 10.1. The minimum atomic E-state index is -2.65. The van der Waals surface area contributed by atoms with E-state index in [0.29, 0.717) is 29.3 Å². The Bertz CT molecular complexity index is 834. The number of hydrogen-bond donors (Lipinski definition) is 1. The molecule has 0 saturated carbocycles. The van der Waals surface area contributed by atoms with E-state index >= 15 is 0 Å². The van der Waals surface area contributed by atoms with Crippen LogP contribution in [-0.2, 0) is 4.79 Å². The van der Waals surface area contributed by atoms with Crippen LogP contribution in [0.4, 0.5) is 14.5 Å². The van der Waals surface area contributed by atoms with E-state index in [9.17, 15) is 13.6 Å². The molecule has 0 radical (unpaired) electrons. The minimum Gasteiger partial charge on any atom is -0.480 e. The van der Waals surface area contributed by atoms with Gasteiger partial charge in [-0.1, -0.05) is 11.6 Å². The van der Waals surface area contributed by atoms with Crippen molar-refractivity contribution in [3.8, 4) is 0 Å². The maximum absolute atomic E-state index is 13.3. The lowest BCUT2D eigenvalue weighted by Gasteiger charge is -2.27. The summed E-state index contributed by atoms with van der Waals surface area (Å²) in [4.78, 5) is 19.0. The van der Waals surface area contributed by atoms with E-state index in [1.807, 2.05) is 11.9 Å². The first-order chi connectivity index (χ1) is 12.8. The highest BCUT2D eigenvalue weighted by atomic mass is 35.5. The Hall–Kier alpha value is -1.99. The van der Waals surface area contributed by atoms with Crippen molar-refractivity contribution in [2.45, 2.75) is 31.7 Å². The normalized spacial score (nSPS) is 18.3. The van der Waals surface area contributed by atoms with E-state index < -0.39 is 12.4 Å². The number of halogens is 3. The number of benzene rings is 1. The summed E-state index contributed by atoms with van der Waals surface area (Å²) in [5.74, 6) is -0.852. The van der Waals surface area contributed by atoms with Crippen LogP contribution in [0.15, 0.2) is 24.3 Å². The molecule has 1 aliphatic heterocycles. The van der Waals surface area contributed by atoms with Gasteiger partial charge in [0, 0.05) is 35.2 Å². The fourth-order valence-electron chi connectivity index (χ4n) is 3.68. The summed E-state index contributed by atoms with van der Waals surface area (Å²) in [6, 6.07) is 6.67. The molecular weight excluding hydrogens is 376 g/mol. The predicted molar refractivity (Wildman–Crippen MR) is 102 cm³/mol. The molecule has 0 aliphatic carbocycles. The number of carbonyl (C=O) groups is 1. The highest BCUT2D eigenvalue weighted by Crippen LogP contribution is 2.33. The average molecular weight is 398 g/mol. The second-order valence-corrected chi connectivity index (χ2v) is 7.35. The van der Waals surface area contributed by atoms with Gasteiger partial charge in [-0.15, -0.1) is 0 Å². The number of rotatable bonds is 5. The summed E-state index contributed by atoms with van der Waals surface area (Å²) in [5.41, 5.74) is 0.957. The molecule has 1 aliphatic rings. The molecule has 1 unspecified atom stereocenters. The highest BCUT2D eigenvalue weighted by Gasteiger charge is 2.24. The van der Waals surface area contributed by atoms with Gasteiger partial charge >= 0.3 is 5.97 Å². The highest BCUT2D eigenvalue weighted by molar-refractivity contribution is 6.31. The molecule has 0 spiro atoms. The molecule has 3 rings (SSSR count). The van der Waals surface area contributed by atoms with Crippen molar-refractivity contribution in [2.75, 3.05) is 31.6 Å². The summed E-state index contributed by atoms with van der Waals surface area (Å²) in [6.45, 7) is 1.36. The number of aliphatic carboxylic acids is 1. The maximum Gasteiger partial charge on any atom is 0.317 e. The zero-order valence-electron chi connectivity index (χ0n) is 15.0. The summed E-state index contributed by atoms with van der Waals surface area (Å²) in [5, 5.41) is 10.3. The van der Waals surface area contributed by atoms with E-state index in [-0.39, 0.29) is 18.3 Å². The van der Waals surface area contributed by atoms with Gasteiger partial charge in [0.2, 0.25) is 0 Å². The number of fused-ring (bicyclic) bond motifs is 1. The fraction of sp³-hybridized carbons (Fsp3) is 0.474. The summed E-state index contributed by atoms with van der Waals surface area (Å²) < 4.78 is 26.6. The summed E-state index contributed by atoms with van der Waals surface area (Å²) in [6.07, 6.45) is -0.169. The molecule has 0 bridgehead atoms. The van der Waals surface area contributed by atoms with Gasteiger partial charge in [0.25, 0.3) is 6.43 Å². The molecule has 1 atom stereocenters. The quantitative estimate of drug-likeness (QED) is 0.819. The Morgan fingerprint density at radius 3 is 2.85 bits per heavy atom. The van der Waals surface area contributed by atoms with Crippen molar-refractivity contribution in [2.24, 2.45) is 0 Å². The minimum absolute atomic E-state index is 0.00596. The number of alkyl halides is 2. The van der Waals surface area contributed by atoms with Crippen LogP contribution < -0.4 is 4.90 Å². The van der Waals surface area contributed by atoms with Crippen LogP contribution in [0.3, 0.4) is 0 Å². The zero-order valence-corrected chi connectivity index (χ0v) is 15.8. The molecule has 1 N–H and O–H groups in total. The van der Waals surface area contributed by atoms with E-state index in [2.05, 4.69) is 9.88 Å². The second-order valence-electron chi connectivity index (χ2n) is 6.91. The number of aromatic nitrogens is 1. The van der Waals surface area contributed by atoms with Crippen LogP contribution in [-0.4, -0.2) is 53.7 Å². The van der Waals surface area contributed by atoms with E-state index in [1.165, 1.54) is 6.07 Å². The van der Waals surface area contributed by atoms with Crippen molar-refractivity contribution < 1.29 is 18.7 Å². The monoisotopic (exact) mass is 397 g/mol. The average Bonchev–Trinajstić information content (AvgIpc) is 2.86. The molecule has 2 heterocycles. The third-order valence-corrected chi connectivity index (χ3v) is 5.27. The largest absolute Gasteiger partial charge is 0.480 e. The Morgan fingerprint density at radius 1 is 1.37 bits per heavy atom. The van der Waals surface area contributed by atoms with Crippen LogP contribution in [0, 0.1) is 0 Å². The molecular formula is C19H22ClF2N3O2. The van der Waals surface area contributed by atoms with Gasteiger partial charge in [0.15, 0.2) is 0 Å². The van der Waals surface area contributed by atoms with Crippen LogP contribution >= 0.6 is 11.6 Å². The van der Waals surface area contributed by atoms with E-state index in [0.717, 1.165) is 24.6 Å².